The molecule has 0 aliphatic carbocycles. The van der Waals surface area contributed by atoms with Crippen molar-refractivity contribution in [1.29, 1.82) is 0 Å². The highest BCUT2D eigenvalue weighted by Crippen LogP contribution is 2.34. The Morgan fingerprint density at radius 2 is 2.32 bits per heavy atom. The number of ether oxygens (including phenoxy) is 2. The van der Waals surface area contributed by atoms with E-state index < -0.39 is 23.5 Å². The Morgan fingerprint density at radius 1 is 1.64 bits per heavy atom. The van der Waals surface area contributed by atoms with Gasteiger partial charge in [0.2, 0.25) is 0 Å². The van der Waals surface area contributed by atoms with E-state index in [4.69, 9.17) is 9.47 Å². The summed E-state index contributed by atoms with van der Waals surface area (Å²) >= 11 is 1.40. The Labute approximate surface area is 135 Å². The summed E-state index contributed by atoms with van der Waals surface area (Å²) in [5.74, 6) is 0. The third-order valence-electron chi connectivity index (χ3n) is 3.44. The summed E-state index contributed by atoms with van der Waals surface area (Å²) < 4.78 is 11.2. The zero-order valence-corrected chi connectivity index (χ0v) is 14.5. The molecule has 1 amide bonds. The fraction of sp³-hybridized carbons (Fsp3) is 0.733. The Morgan fingerprint density at radius 3 is 2.86 bits per heavy atom. The zero-order chi connectivity index (χ0) is 16.5. The van der Waals surface area contributed by atoms with Crippen molar-refractivity contribution in [2.45, 2.75) is 64.5 Å². The summed E-state index contributed by atoms with van der Waals surface area (Å²) in [6.45, 7) is 9.52. The monoisotopic (exact) mass is 328 g/mol. The lowest BCUT2D eigenvalue weighted by Gasteiger charge is -2.35. The third kappa shape index (κ3) is 3.97. The first-order valence-electron chi connectivity index (χ1n) is 7.33. The summed E-state index contributed by atoms with van der Waals surface area (Å²) in [5.41, 5.74) is 0.357. The number of amides is 1. The highest BCUT2D eigenvalue weighted by molar-refractivity contribution is 7.09. The molecule has 0 bridgehead atoms. The van der Waals surface area contributed by atoms with Crippen LogP contribution in [0.2, 0.25) is 0 Å². The van der Waals surface area contributed by atoms with Crippen molar-refractivity contribution in [2.24, 2.45) is 0 Å². The minimum Gasteiger partial charge on any atom is -0.444 e. The number of carbonyl (C=O) groups is 1. The Kier molecular flexibility index (Phi) is 4.79. The van der Waals surface area contributed by atoms with Crippen LogP contribution in [0.25, 0.3) is 0 Å². The summed E-state index contributed by atoms with van der Waals surface area (Å²) in [6, 6.07) is -0.234. The molecule has 0 spiro atoms. The standard InChI is InChI=1S/C15H24N2O4S/c1-14(2,3)21-13(19)17-10(8-20-15(17,4)5)6-11(18)12-7-16-9-22-12/h7,9-11,18H,6,8H2,1-5H3/t10?,11-/m1/s1. The molecule has 2 atom stereocenters. The van der Waals surface area contributed by atoms with Gasteiger partial charge in [0.1, 0.15) is 11.3 Å². The molecule has 7 heteroatoms. The Hall–Kier alpha value is -1.18. The van der Waals surface area contributed by atoms with Crippen molar-refractivity contribution >= 4 is 17.4 Å². The summed E-state index contributed by atoms with van der Waals surface area (Å²) in [7, 11) is 0. The first kappa shape index (κ1) is 17.2. The van der Waals surface area contributed by atoms with Crippen LogP contribution in [0.5, 0.6) is 0 Å². The van der Waals surface area contributed by atoms with Crippen LogP contribution in [0.15, 0.2) is 11.7 Å². The molecule has 1 saturated heterocycles. The number of hydrogen-bond donors (Lipinski definition) is 1. The Bertz CT molecular complexity index is 510. The van der Waals surface area contributed by atoms with Crippen LogP contribution in [-0.4, -0.2) is 45.1 Å². The van der Waals surface area contributed by atoms with Gasteiger partial charge in [-0.05, 0) is 34.6 Å². The highest BCUT2D eigenvalue weighted by Gasteiger charge is 2.46. The minimum absolute atomic E-state index is 0.234. The number of nitrogens with zero attached hydrogens (tertiary/aromatic N) is 2. The second-order valence-corrected chi connectivity index (χ2v) is 7.84. The van der Waals surface area contributed by atoms with Crippen molar-refractivity contribution in [3.8, 4) is 0 Å². The second kappa shape index (κ2) is 6.14. The average molecular weight is 328 g/mol. The van der Waals surface area contributed by atoms with Gasteiger partial charge in [-0.15, -0.1) is 11.3 Å². The first-order valence-corrected chi connectivity index (χ1v) is 8.21. The number of aliphatic hydroxyl groups is 1. The molecular formula is C15H24N2O4S. The smallest absolute Gasteiger partial charge is 0.412 e. The largest absolute Gasteiger partial charge is 0.444 e. The number of aromatic nitrogens is 1. The molecule has 22 heavy (non-hydrogen) atoms. The van der Waals surface area contributed by atoms with E-state index in [-0.39, 0.29) is 6.04 Å². The van der Waals surface area contributed by atoms with Gasteiger partial charge >= 0.3 is 6.09 Å². The van der Waals surface area contributed by atoms with Crippen molar-refractivity contribution < 1.29 is 19.4 Å². The average Bonchev–Trinajstić information content (AvgIpc) is 2.94. The van der Waals surface area contributed by atoms with E-state index in [0.29, 0.717) is 13.0 Å². The molecule has 0 radical (unpaired) electrons. The molecule has 0 aromatic carbocycles. The first-order chi connectivity index (χ1) is 10.1. The van der Waals surface area contributed by atoms with Gasteiger partial charge in [-0.2, -0.15) is 0 Å². The summed E-state index contributed by atoms with van der Waals surface area (Å²) in [6.07, 6.45) is 0.954. The SMILES string of the molecule is CC(C)(C)OC(=O)N1C(C[C@@H](O)c2cncs2)COC1(C)C. The van der Waals surface area contributed by atoms with E-state index in [1.54, 1.807) is 16.6 Å². The molecule has 1 fully saturated rings. The predicted molar refractivity (Wildman–Crippen MR) is 83.6 cm³/mol. The predicted octanol–water partition coefficient (Wildman–Crippen LogP) is 2.94. The zero-order valence-electron chi connectivity index (χ0n) is 13.7. The number of thiazole rings is 1. The van der Waals surface area contributed by atoms with Crippen molar-refractivity contribution in [2.75, 3.05) is 6.61 Å². The summed E-state index contributed by atoms with van der Waals surface area (Å²) in [4.78, 5) is 18.8. The fourth-order valence-electron chi connectivity index (χ4n) is 2.50. The van der Waals surface area contributed by atoms with Gasteiger partial charge in [0, 0.05) is 12.6 Å². The number of hydrogen-bond acceptors (Lipinski definition) is 6. The molecule has 1 aliphatic heterocycles. The van der Waals surface area contributed by atoms with Crippen molar-refractivity contribution in [1.82, 2.24) is 9.88 Å². The van der Waals surface area contributed by atoms with Gasteiger partial charge in [0.15, 0.2) is 0 Å². The molecule has 2 rings (SSSR count). The molecule has 0 saturated carbocycles. The molecule has 2 heterocycles. The topological polar surface area (TPSA) is 71.9 Å². The molecule has 124 valence electrons. The maximum atomic E-state index is 12.5. The lowest BCUT2D eigenvalue weighted by molar-refractivity contribution is -0.0637. The van der Waals surface area contributed by atoms with E-state index in [9.17, 15) is 9.90 Å². The highest BCUT2D eigenvalue weighted by atomic mass is 32.1. The molecular weight excluding hydrogens is 304 g/mol. The van der Waals surface area contributed by atoms with E-state index >= 15 is 0 Å². The van der Waals surface area contributed by atoms with Gasteiger partial charge in [0.05, 0.1) is 29.1 Å². The van der Waals surface area contributed by atoms with Crippen LogP contribution >= 0.6 is 11.3 Å². The van der Waals surface area contributed by atoms with Crippen molar-refractivity contribution in [3.63, 3.8) is 0 Å². The molecule has 1 aromatic heterocycles. The van der Waals surface area contributed by atoms with Crippen LogP contribution in [0.1, 0.15) is 52.0 Å². The van der Waals surface area contributed by atoms with Crippen LogP contribution in [-0.2, 0) is 9.47 Å². The van der Waals surface area contributed by atoms with Crippen LogP contribution in [0.4, 0.5) is 4.79 Å². The number of aliphatic hydroxyl groups excluding tert-OH is 1. The number of carbonyl (C=O) groups excluding carboxylic acids is 1. The molecule has 1 aromatic rings. The second-order valence-electron chi connectivity index (χ2n) is 6.92. The maximum absolute atomic E-state index is 12.5. The molecule has 1 unspecified atom stereocenters. The van der Waals surface area contributed by atoms with Gasteiger partial charge < -0.3 is 14.6 Å². The van der Waals surface area contributed by atoms with E-state index in [1.807, 2.05) is 34.6 Å². The quantitative estimate of drug-likeness (QED) is 0.923. The van der Waals surface area contributed by atoms with E-state index in [2.05, 4.69) is 4.98 Å². The lowest BCUT2D eigenvalue weighted by atomic mass is 10.1. The normalized spacial score (nSPS) is 22.6. The Balaban J connectivity index is 2.11. The third-order valence-corrected chi connectivity index (χ3v) is 4.32. The minimum atomic E-state index is -0.750. The van der Waals surface area contributed by atoms with E-state index in [1.165, 1.54) is 11.3 Å². The van der Waals surface area contributed by atoms with Crippen LogP contribution in [0, 0.1) is 0 Å². The van der Waals surface area contributed by atoms with E-state index in [0.717, 1.165) is 4.88 Å². The summed E-state index contributed by atoms with van der Waals surface area (Å²) in [5, 5.41) is 10.3. The van der Waals surface area contributed by atoms with Crippen LogP contribution in [0.3, 0.4) is 0 Å². The fourth-order valence-corrected chi connectivity index (χ4v) is 3.12. The van der Waals surface area contributed by atoms with Gasteiger partial charge in [-0.1, -0.05) is 0 Å². The molecule has 6 nitrogen and oxygen atoms in total. The molecule has 1 N–H and O–H groups in total. The van der Waals surface area contributed by atoms with Gasteiger partial charge in [-0.25, -0.2) is 4.79 Å². The maximum Gasteiger partial charge on any atom is 0.412 e. The lowest BCUT2D eigenvalue weighted by Crippen LogP contribution is -2.50. The van der Waals surface area contributed by atoms with Crippen LogP contribution < -0.4 is 0 Å². The van der Waals surface area contributed by atoms with Gasteiger partial charge in [-0.3, -0.25) is 9.88 Å². The molecule has 1 aliphatic rings. The van der Waals surface area contributed by atoms with Crippen molar-refractivity contribution in [3.05, 3.63) is 16.6 Å². The van der Waals surface area contributed by atoms with Gasteiger partial charge in [0.25, 0.3) is 0 Å². The number of rotatable bonds is 3.